The molecule has 13 heavy (non-hydrogen) atoms. The summed E-state index contributed by atoms with van der Waals surface area (Å²) in [7, 11) is 0. The number of H-pyrrole nitrogens is 1. The van der Waals surface area contributed by atoms with Crippen LogP contribution in [-0.2, 0) is 5.54 Å². The summed E-state index contributed by atoms with van der Waals surface area (Å²) in [5.74, 6) is 0. The van der Waals surface area contributed by atoms with Crippen molar-refractivity contribution in [3.63, 3.8) is 0 Å². The number of hydrogen-bond donors (Lipinski definition) is 1. The van der Waals surface area contributed by atoms with Crippen molar-refractivity contribution in [2.75, 3.05) is 0 Å². The Bertz CT molecular complexity index is 331. The molecule has 1 N–H and O–H groups in total. The SMILES string of the molecule is CC1(n2cc[nH]c2=O)CCCCC1. The first kappa shape index (κ1) is 8.60. The first-order valence-electron chi connectivity index (χ1n) is 4.99. The highest BCUT2D eigenvalue weighted by Gasteiger charge is 2.29. The van der Waals surface area contributed by atoms with E-state index in [9.17, 15) is 4.79 Å². The average molecular weight is 180 g/mol. The van der Waals surface area contributed by atoms with Crippen molar-refractivity contribution in [3.05, 3.63) is 22.9 Å². The maximum Gasteiger partial charge on any atom is 0.325 e. The van der Waals surface area contributed by atoms with Crippen LogP contribution in [0.2, 0.25) is 0 Å². The van der Waals surface area contributed by atoms with E-state index in [4.69, 9.17) is 0 Å². The highest BCUT2D eigenvalue weighted by Crippen LogP contribution is 2.32. The van der Waals surface area contributed by atoms with Gasteiger partial charge in [0.2, 0.25) is 0 Å². The summed E-state index contributed by atoms with van der Waals surface area (Å²) in [4.78, 5) is 14.1. The lowest BCUT2D eigenvalue weighted by Gasteiger charge is -2.34. The van der Waals surface area contributed by atoms with Gasteiger partial charge < -0.3 is 4.98 Å². The Morgan fingerprint density at radius 1 is 1.38 bits per heavy atom. The first-order valence-corrected chi connectivity index (χ1v) is 4.99. The van der Waals surface area contributed by atoms with Gasteiger partial charge in [0.25, 0.3) is 0 Å². The third-order valence-corrected chi connectivity index (χ3v) is 3.16. The van der Waals surface area contributed by atoms with Crippen molar-refractivity contribution < 1.29 is 0 Å². The number of aromatic nitrogens is 2. The molecule has 1 fully saturated rings. The van der Waals surface area contributed by atoms with E-state index in [1.165, 1.54) is 19.3 Å². The van der Waals surface area contributed by atoms with Gasteiger partial charge in [-0.3, -0.25) is 4.57 Å². The molecule has 1 saturated carbocycles. The van der Waals surface area contributed by atoms with Gasteiger partial charge in [0.1, 0.15) is 0 Å². The first-order chi connectivity index (χ1) is 6.22. The summed E-state index contributed by atoms with van der Waals surface area (Å²) in [6, 6.07) is 0. The summed E-state index contributed by atoms with van der Waals surface area (Å²) >= 11 is 0. The Morgan fingerprint density at radius 2 is 2.08 bits per heavy atom. The molecular weight excluding hydrogens is 164 g/mol. The lowest BCUT2D eigenvalue weighted by atomic mass is 9.83. The number of imidazole rings is 1. The minimum atomic E-state index is 0.0319. The smallest absolute Gasteiger partial charge is 0.313 e. The van der Waals surface area contributed by atoms with Crippen molar-refractivity contribution in [2.24, 2.45) is 0 Å². The van der Waals surface area contributed by atoms with E-state index < -0.39 is 0 Å². The van der Waals surface area contributed by atoms with Gasteiger partial charge in [0, 0.05) is 17.9 Å². The molecule has 0 saturated heterocycles. The average Bonchev–Trinajstić information content (AvgIpc) is 2.53. The van der Waals surface area contributed by atoms with E-state index in [1.807, 2.05) is 10.8 Å². The maximum absolute atomic E-state index is 11.4. The normalized spacial score (nSPS) is 21.6. The standard InChI is InChI=1S/C10H16N2O/c1-10(5-3-2-4-6-10)12-8-7-11-9(12)13/h7-8H,2-6H2,1H3,(H,11,13). The van der Waals surface area contributed by atoms with E-state index in [0.717, 1.165) is 12.8 Å². The highest BCUT2D eigenvalue weighted by molar-refractivity contribution is 4.91. The summed E-state index contributed by atoms with van der Waals surface area (Å²) < 4.78 is 1.85. The van der Waals surface area contributed by atoms with Gasteiger partial charge in [-0.15, -0.1) is 0 Å². The summed E-state index contributed by atoms with van der Waals surface area (Å²) in [5.41, 5.74) is 0.0967. The molecule has 3 nitrogen and oxygen atoms in total. The van der Waals surface area contributed by atoms with Crippen LogP contribution >= 0.6 is 0 Å². The Morgan fingerprint density at radius 3 is 2.62 bits per heavy atom. The number of hydrogen-bond acceptors (Lipinski definition) is 1. The van der Waals surface area contributed by atoms with Gasteiger partial charge >= 0.3 is 5.69 Å². The second-order valence-electron chi connectivity index (χ2n) is 4.19. The summed E-state index contributed by atoms with van der Waals surface area (Å²) in [6.45, 7) is 2.18. The monoisotopic (exact) mass is 180 g/mol. The molecule has 2 rings (SSSR count). The van der Waals surface area contributed by atoms with E-state index in [1.54, 1.807) is 6.20 Å². The Kier molecular flexibility index (Phi) is 2.02. The lowest BCUT2D eigenvalue weighted by molar-refractivity contribution is 0.213. The van der Waals surface area contributed by atoms with Gasteiger partial charge in [-0.1, -0.05) is 19.3 Å². The fraction of sp³-hybridized carbons (Fsp3) is 0.700. The molecule has 1 aromatic heterocycles. The molecule has 0 bridgehead atoms. The van der Waals surface area contributed by atoms with Gasteiger partial charge in [-0.25, -0.2) is 4.79 Å². The zero-order valence-electron chi connectivity index (χ0n) is 8.05. The van der Waals surface area contributed by atoms with Gasteiger partial charge in [-0.05, 0) is 19.8 Å². The molecule has 0 spiro atoms. The van der Waals surface area contributed by atoms with Crippen LogP contribution in [0.5, 0.6) is 0 Å². The van der Waals surface area contributed by atoms with E-state index in [0.29, 0.717) is 0 Å². The van der Waals surface area contributed by atoms with Crippen LogP contribution in [0.3, 0.4) is 0 Å². The molecule has 0 aliphatic heterocycles. The molecular formula is C10H16N2O. The van der Waals surface area contributed by atoms with Crippen LogP contribution in [0.25, 0.3) is 0 Å². The molecule has 1 aromatic rings. The predicted molar refractivity (Wildman–Crippen MR) is 51.8 cm³/mol. The van der Waals surface area contributed by atoms with Crippen LogP contribution in [0.4, 0.5) is 0 Å². The molecule has 0 radical (unpaired) electrons. The molecule has 0 aromatic carbocycles. The zero-order valence-corrected chi connectivity index (χ0v) is 8.05. The third-order valence-electron chi connectivity index (χ3n) is 3.16. The molecule has 72 valence electrons. The number of nitrogens with zero attached hydrogens (tertiary/aromatic N) is 1. The van der Waals surface area contributed by atoms with E-state index in [2.05, 4.69) is 11.9 Å². The molecule has 0 unspecified atom stereocenters. The van der Waals surface area contributed by atoms with E-state index in [-0.39, 0.29) is 11.2 Å². The second-order valence-corrected chi connectivity index (χ2v) is 4.19. The van der Waals surface area contributed by atoms with Crippen LogP contribution in [0.1, 0.15) is 39.0 Å². The van der Waals surface area contributed by atoms with Crippen LogP contribution < -0.4 is 5.69 Å². The minimum Gasteiger partial charge on any atom is -0.313 e. The fourth-order valence-electron chi connectivity index (χ4n) is 2.30. The Labute approximate surface area is 77.8 Å². The second kappa shape index (κ2) is 3.05. The quantitative estimate of drug-likeness (QED) is 0.703. The van der Waals surface area contributed by atoms with Crippen molar-refractivity contribution in [3.8, 4) is 0 Å². The Hall–Kier alpha value is -0.990. The third kappa shape index (κ3) is 1.43. The molecule has 0 amide bonds. The van der Waals surface area contributed by atoms with Crippen LogP contribution in [0, 0.1) is 0 Å². The van der Waals surface area contributed by atoms with Crippen molar-refractivity contribution in [2.45, 2.75) is 44.6 Å². The van der Waals surface area contributed by atoms with Crippen molar-refractivity contribution in [1.82, 2.24) is 9.55 Å². The molecule has 0 atom stereocenters. The van der Waals surface area contributed by atoms with Crippen LogP contribution in [0.15, 0.2) is 17.2 Å². The summed E-state index contributed by atoms with van der Waals surface area (Å²) in [6.07, 6.45) is 9.66. The largest absolute Gasteiger partial charge is 0.325 e. The van der Waals surface area contributed by atoms with Crippen molar-refractivity contribution >= 4 is 0 Å². The zero-order chi connectivity index (χ0) is 9.31. The van der Waals surface area contributed by atoms with Gasteiger partial charge in [0.05, 0.1) is 0 Å². The molecule has 1 heterocycles. The predicted octanol–water partition coefficient (Wildman–Crippen LogP) is 1.86. The minimum absolute atomic E-state index is 0.0319. The number of rotatable bonds is 1. The van der Waals surface area contributed by atoms with Crippen molar-refractivity contribution in [1.29, 1.82) is 0 Å². The number of nitrogens with one attached hydrogen (secondary N) is 1. The Balaban J connectivity index is 2.33. The maximum atomic E-state index is 11.4. The topological polar surface area (TPSA) is 37.8 Å². The molecule has 1 aliphatic rings. The van der Waals surface area contributed by atoms with Crippen LogP contribution in [-0.4, -0.2) is 9.55 Å². The van der Waals surface area contributed by atoms with Gasteiger partial charge in [0.15, 0.2) is 0 Å². The highest BCUT2D eigenvalue weighted by atomic mass is 16.1. The molecule has 3 heteroatoms. The van der Waals surface area contributed by atoms with E-state index >= 15 is 0 Å². The fourth-order valence-corrected chi connectivity index (χ4v) is 2.30. The number of aromatic amines is 1. The lowest BCUT2D eigenvalue weighted by Crippen LogP contribution is -2.38. The summed E-state index contributed by atoms with van der Waals surface area (Å²) in [5, 5.41) is 0. The van der Waals surface area contributed by atoms with Gasteiger partial charge in [-0.2, -0.15) is 0 Å². The molecule has 1 aliphatic carbocycles.